The Morgan fingerprint density at radius 2 is 1.78 bits per heavy atom. The van der Waals surface area contributed by atoms with Gasteiger partial charge in [-0.25, -0.2) is 0 Å². The Morgan fingerprint density at radius 1 is 1.14 bits per heavy atom. The van der Waals surface area contributed by atoms with Crippen molar-refractivity contribution in [3.63, 3.8) is 0 Å². The molecule has 1 aliphatic rings. The molecule has 1 atom stereocenters. The number of aliphatic imine (C=N–C) groups is 1. The number of alkyl halides is 6. The van der Waals surface area contributed by atoms with E-state index >= 15 is 0 Å². The Hall–Kier alpha value is -2.83. The zero-order valence-corrected chi connectivity index (χ0v) is 19.8. The van der Waals surface area contributed by atoms with Gasteiger partial charge in [-0.3, -0.25) is 9.79 Å². The van der Waals surface area contributed by atoms with Crippen molar-refractivity contribution in [2.75, 3.05) is 13.2 Å². The van der Waals surface area contributed by atoms with Gasteiger partial charge in [-0.1, -0.05) is 40.5 Å². The second-order valence-corrected chi connectivity index (χ2v) is 8.68. The molecule has 0 saturated heterocycles. The lowest BCUT2D eigenvalue weighted by molar-refractivity contribution is -0.275. The number of rotatable bonds is 5. The third-order valence-electron chi connectivity index (χ3n) is 5.15. The number of nitrogens with one attached hydrogen (secondary N) is 1. The molecule has 0 radical (unpaired) electrons. The van der Waals surface area contributed by atoms with Crippen molar-refractivity contribution in [2.45, 2.75) is 31.3 Å². The van der Waals surface area contributed by atoms with E-state index in [1.165, 1.54) is 31.2 Å². The number of carbonyl (C=O) groups is 1. The van der Waals surface area contributed by atoms with Gasteiger partial charge in [0.2, 0.25) is 0 Å². The van der Waals surface area contributed by atoms with E-state index in [-0.39, 0.29) is 38.0 Å². The van der Waals surface area contributed by atoms with Crippen LogP contribution in [0.3, 0.4) is 0 Å². The number of aryl methyl sites for hydroxylation is 1. The first kappa shape index (κ1) is 27.8. The summed E-state index contributed by atoms with van der Waals surface area (Å²) in [6.07, 6.45) is -10.3. The van der Waals surface area contributed by atoms with Crippen LogP contribution in [0.2, 0.25) is 10.0 Å². The van der Waals surface area contributed by atoms with E-state index < -0.39 is 49.3 Å². The predicted octanol–water partition coefficient (Wildman–Crippen LogP) is 5.30. The minimum Gasteiger partial charge on any atom is -0.387 e. The van der Waals surface area contributed by atoms with E-state index in [9.17, 15) is 31.1 Å². The average molecular weight is 556 g/mol. The van der Waals surface area contributed by atoms with Crippen LogP contribution in [0.5, 0.6) is 0 Å². The fraction of sp³-hybridized carbons (Fsp3) is 0.318. The molecule has 0 aromatic heterocycles. The van der Waals surface area contributed by atoms with Crippen LogP contribution in [0.25, 0.3) is 0 Å². The molecule has 1 heterocycles. The maximum Gasteiger partial charge on any atom is 0.435 e. The fourth-order valence-corrected chi connectivity index (χ4v) is 4.01. The van der Waals surface area contributed by atoms with Gasteiger partial charge in [0.15, 0.2) is 0 Å². The van der Waals surface area contributed by atoms with Crippen molar-refractivity contribution < 1.29 is 41.1 Å². The molecular formula is C22H17Cl2F6N3O3. The Kier molecular flexibility index (Phi) is 7.92. The SMILES string of the molecule is Cc1cc(C2=NOC(c3cc(Cl)cc(Cl)c3)(C(F)(F)F)C2)ccc1C(=NCC(F)(F)F)NC(=O)CO. The van der Waals surface area contributed by atoms with Gasteiger partial charge in [0, 0.05) is 27.6 Å². The predicted molar refractivity (Wildman–Crippen MR) is 120 cm³/mol. The normalized spacial score (nSPS) is 18.6. The highest BCUT2D eigenvalue weighted by Gasteiger charge is 2.62. The second-order valence-electron chi connectivity index (χ2n) is 7.80. The average Bonchev–Trinajstić information content (AvgIpc) is 3.22. The van der Waals surface area contributed by atoms with Gasteiger partial charge in [0.1, 0.15) is 19.0 Å². The molecule has 2 aromatic carbocycles. The smallest absolute Gasteiger partial charge is 0.387 e. The van der Waals surface area contributed by atoms with Crippen molar-refractivity contribution in [3.05, 3.63) is 68.7 Å². The lowest BCUT2D eigenvalue weighted by Gasteiger charge is -2.29. The number of nitrogens with zero attached hydrogens (tertiary/aromatic N) is 2. The summed E-state index contributed by atoms with van der Waals surface area (Å²) in [5.41, 5.74) is -2.78. The first-order valence-electron chi connectivity index (χ1n) is 10.1. The zero-order chi connectivity index (χ0) is 26.9. The molecule has 1 unspecified atom stereocenters. The third-order valence-corrected chi connectivity index (χ3v) is 5.58. The van der Waals surface area contributed by atoms with E-state index in [0.717, 1.165) is 12.1 Å². The van der Waals surface area contributed by atoms with Crippen LogP contribution in [-0.2, 0) is 15.2 Å². The molecule has 0 saturated carbocycles. The topological polar surface area (TPSA) is 83.3 Å². The second kappa shape index (κ2) is 10.3. The zero-order valence-electron chi connectivity index (χ0n) is 18.3. The molecule has 1 aliphatic heterocycles. The van der Waals surface area contributed by atoms with Crippen LogP contribution < -0.4 is 5.32 Å². The monoisotopic (exact) mass is 555 g/mol. The van der Waals surface area contributed by atoms with E-state index in [1.807, 2.05) is 0 Å². The summed E-state index contributed by atoms with van der Waals surface area (Å²) in [6.45, 7) is -1.15. The highest BCUT2D eigenvalue weighted by atomic mass is 35.5. The van der Waals surface area contributed by atoms with Crippen molar-refractivity contribution in [3.8, 4) is 0 Å². The summed E-state index contributed by atoms with van der Waals surface area (Å²) < 4.78 is 80.6. The highest BCUT2D eigenvalue weighted by molar-refractivity contribution is 6.34. The molecular weight excluding hydrogens is 539 g/mol. The minimum atomic E-state index is -4.91. The number of amides is 1. The van der Waals surface area contributed by atoms with Crippen LogP contribution in [0.4, 0.5) is 26.3 Å². The van der Waals surface area contributed by atoms with Crippen LogP contribution in [0, 0.1) is 6.92 Å². The van der Waals surface area contributed by atoms with Gasteiger partial charge in [-0.15, -0.1) is 0 Å². The third kappa shape index (κ3) is 6.11. The van der Waals surface area contributed by atoms with Crippen molar-refractivity contribution in [1.29, 1.82) is 0 Å². The number of aliphatic hydroxyl groups is 1. The summed E-state index contributed by atoms with van der Waals surface area (Å²) in [5.74, 6) is -1.46. The fourth-order valence-electron chi connectivity index (χ4n) is 3.49. The summed E-state index contributed by atoms with van der Waals surface area (Å²) >= 11 is 11.8. The molecule has 0 fully saturated rings. The highest BCUT2D eigenvalue weighted by Crippen LogP contribution is 2.49. The van der Waals surface area contributed by atoms with Crippen LogP contribution >= 0.6 is 23.2 Å². The molecule has 194 valence electrons. The quantitative estimate of drug-likeness (QED) is 0.298. The maximum absolute atomic E-state index is 14.2. The van der Waals surface area contributed by atoms with Gasteiger partial charge in [-0.05, 0) is 42.3 Å². The number of oxime groups is 1. The lowest BCUT2D eigenvalue weighted by atomic mass is 9.86. The Bertz CT molecular complexity index is 1210. The van der Waals surface area contributed by atoms with E-state index in [0.29, 0.717) is 0 Å². The molecule has 36 heavy (non-hydrogen) atoms. The van der Waals surface area contributed by atoms with Gasteiger partial charge in [-0.2, -0.15) is 26.3 Å². The van der Waals surface area contributed by atoms with Crippen LogP contribution in [0.1, 0.15) is 28.7 Å². The number of hydrogen-bond acceptors (Lipinski definition) is 5. The number of halogens is 8. The Labute approximate surface area is 210 Å². The summed E-state index contributed by atoms with van der Waals surface area (Å²) in [7, 11) is 0. The standard InChI is InChI=1S/C22H17Cl2F6N3O3/c1-11-4-12(2-3-16(11)19(32-18(35)9-34)31-10-21(25,26)27)17-8-20(36-33-17,22(28,29)30)13-5-14(23)7-15(24)6-13/h2-7,34H,8-10H2,1H3,(H,31,32,35). The van der Waals surface area contributed by atoms with E-state index in [4.69, 9.17) is 33.1 Å². The maximum atomic E-state index is 14.2. The minimum absolute atomic E-state index is 0.0334. The van der Waals surface area contributed by atoms with Gasteiger partial charge in [0.25, 0.3) is 11.5 Å². The molecule has 1 amide bonds. The number of carbonyl (C=O) groups excluding carboxylic acids is 1. The van der Waals surface area contributed by atoms with Crippen molar-refractivity contribution in [2.24, 2.45) is 10.1 Å². The first-order valence-corrected chi connectivity index (χ1v) is 10.8. The number of aliphatic hydroxyl groups excluding tert-OH is 1. The number of amidine groups is 1. The number of benzene rings is 2. The van der Waals surface area contributed by atoms with E-state index in [1.54, 1.807) is 0 Å². The molecule has 14 heteroatoms. The summed E-state index contributed by atoms with van der Waals surface area (Å²) in [6, 6.07) is 7.34. The molecule has 0 aliphatic carbocycles. The molecule has 2 aromatic rings. The molecule has 2 N–H and O–H groups in total. The van der Waals surface area contributed by atoms with Crippen LogP contribution in [-0.4, -0.2) is 48.1 Å². The first-order chi connectivity index (χ1) is 16.6. The number of hydrogen-bond donors (Lipinski definition) is 2. The molecule has 0 bridgehead atoms. The summed E-state index contributed by atoms with van der Waals surface area (Å²) in [5, 5.41) is 14.6. The van der Waals surface area contributed by atoms with Gasteiger partial charge < -0.3 is 15.3 Å². The summed E-state index contributed by atoms with van der Waals surface area (Å²) in [4.78, 5) is 19.9. The van der Waals surface area contributed by atoms with Gasteiger partial charge >= 0.3 is 12.4 Å². The Morgan fingerprint density at radius 3 is 2.31 bits per heavy atom. The lowest BCUT2D eigenvalue weighted by Crippen LogP contribution is -2.42. The molecule has 6 nitrogen and oxygen atoms in total. The largest absolute Gasteiger partial charge is 0.435 e. The molecule has 0 spiro atoms. The van der Waals surface area contributed by atoms with E-state index in [2.05, 4.69) is 15.5 Å². The van der Waals surface area contributed by atoms with Crippen LogP contribution in [0.15, 0.2) is 46.5 Å². The van der Waals surface area contributed by atoms with Crippen molar-refractivity contribution >= 4 is 40.7 Å². The van der Waals surface area contributed by atoms with Crippen molar-refractivity contribution in [1.82, 2.24) is 5.32 Å². The van der Waals surface area contributed by atoms with Gasteiger partial charge in [0.05, 0.1) is 5.71 Å². The molecule has 3 rings (SSSR count). The Balaban J connectivity index is 1.96.